The van der Waals surface area contributed by atoms with Crippen LogP contribution in [0.1, 0.15) is 44.2 Å². The number of nitrogens with one attached hydrogen (secondary N) is 1. The fourth-order valence-electron chi connectivity index (χ4n) is 3.06. The van der Waals surface area contributed by atoms with Crippen molar-refractivity contribution in [2.75, 3.05) is 6.54 Å². The van der Waals surface area contributed by atoms with Crippen LogP contribution >= 0.6 is 0 Å². The summed E-state index contributed by atoms with van der Waals surface area (Å²) in [4.78, 5) is 1.00. The zero-order valence-corrected chi connectivity index (χ0v) is 13.9. The van der Waals surface area contributed by atoms with Gasteiger partial charge in [-0.3, -0.25) is 4.21 Å². The summed E-state index contributed by atoms with van der Waals surface area (Å²) in [5, 5.41) is 3.90. The van der Waals surface area contributed by atoms with Crippen LogP contribution in [-0.4, -0.2) is 22.0 Å². The Morgan fingerprint density at radius 2 is 2.00 bits per heavy atom. The molecule has 1 fully saturated rings. The Labute approximate surface area is 125 Å². The molecule has 4 atom stereocenters. The van der Waals surface area contributed by atoms with Gasteiger partial charge in [-0.05, 0) is 68.8 Å². The van der Waals surface area contributed by atoms with E-state index in [1.807, 2.05) is 6.07 Å². The molecule has 0 radical (unpaired) electrons. The summed E-state index contributed by atoms with van der Waals surface area (Å²) in [6.45, 7) is 9.71. The fraction of sp³-hybridized carbons (Fsp3) is 0.647. The van der Waals surface area contributed by atoms with E-state index in [0.29, 0.717) is 17.2 Å². The third-order valence-electron chi connectivity index (χ3n) is 4.63. The average molecular weight is 293 g/mol. The zero-order chi connectivity index (χ0) is 14.7. The lowest BCUT2D eigenvalue weighted by molar-refractivity contribution is 0.429. The van der Waals surface area contributed by atoms with Gasteiger partial charge < -0.3 is 5.32 Å². The van der Waals surface area contributed by atoms with E-state index >= 15 is 0 Å². The minimum Gasteiger partial charge on any atom is -0.314 e. The van der Waals surface area contributed by atoms with Gasteiger partial charge in [0.2, 0.25) is 0 Å². The summed E-state index contributed by atoms with van der Waals surface area (Å²) < 4.78 is 12.8. The van der Waals surface area contributed by atoms with E-state index in [1.54, 1.807) is 0 Å². The summed E-state index contributed by atoms with van der Waals surface area (Å²) in [6, 6.07) is 6.77. The van der Waals surface area contributed by atoms with Crippen LogP contribution in [0.3, 0.4) is 0 Å². The van der Waals surface area contributed by atoms with E-state index in [0.717, 1.165) is 30.7 Å². The molecule has 4 unspecified atom stereocenters. The second-order valence-corrected chi connectivity index (χ2v) is 7.75. The highest BCUT2D eigenvalue weighted by atomic mass is 32.2. The minimum absolute atomic E-state index is 0.298. The van der Waals surface area contributed by atoms with Crippen molar-refractivity contribution in [3.05, 3.63) is 29.3 Å². The summed E-state index contributed by atoms with van der Waals surface area (Å²) in [5.74, 6) is 0.490. The molecule has 0 amide bonds. The van der Waals surface area contributed by atoms with Crippen LogP contribution in [0.2, 0.25) is 0 Å². The Kier molecular flexibility index (Phi) is 5.39. The molecule has 1 aromatic rings. The molecule has 0 aliphatic heterocycles. The lowest BCUT2D eigenvalue weighted by atomic mass is 10.1. The highest BCUT2D eigenvalue weighted by molar-refractivity contribution is 7.85. The molecule has 2 nitrogen and oxygen atoms in total. The van der Waals surface area contributed by atoms with Crippen LogP contribution in [0.4, 0.5) is 0 Å². The number of hydrogen-bond donors (Lipinski definition) is 1. The molecule has 1 aromatic carbocycles. The zero-order valence-electron chi connectivity index (χ0n) is 13.1. The van der Waals surface area contributed by atoms with Crippen LogP contribution in [0.25, 0.3) is 0 Å². The van der Waals surface area contributed by atoms with Crippen molar-refractivity contribution in [3.63, 3.8) is 0 Å². The third-order valence-corrected chi connectivity index (χ3v) is 6.56. The molecular weight excluding hydrogens is 266 g/mol. The van der Waals surface area contributed by atoms with Gasteiger partial charge in [-0.2, -0.15) is 0 Å². The topological polar surface area (TPSA) is 29.1 Å². The molecule has 0 aromatic heterocycles. The summed E-state index contributed by atoms with van der Waals surface area (Å²) in [5.41, 5.74) is 2.51. The first-order valence-electron chi connectivity index (χ1n) is 7.75. The molecular formula is C17H27NOS. The molecule has 1 aliphatic carbocycles. The maximum Gasteiger partial charge on any atom is 0.0564 e. The van der Waals surface area contributed by atoms with E-state index in [2.05, 4.69) is 45.1 Å². The first-order chi connectivity index (χ1) is 9.54. The van der Waals surface area contributed by atoms with Gasteiger partial charge in [-0.25, -0.2) is 0 Å². The summed E-state index contributed by atoms with van der Waals surface area (Å²) in [6.07, 6.45) is 3.39. The highest BCUT2D eigenvalue weighted by Crippen LogP contribution is 2.33. The van der Waals surface area contributed by atoms with E-state index < -0.39 is 10.8 Å². The SMILES string of the molecule is CCCNC1CCC(S(=O)c2ccc(C)c(C)c2)C1C. The van der Waals surface area contributed by atoms with E-state index in [9.17, 15) is 4.21 Å². The Bertz CT molecular complexity index is 486. The molecule has 1 aliphatic rings. The van der Waals surface area contributed by atoms with Gasteiger partial charge in [0.1, 0.15) is 0 Å². The van der Waals surface area contributed by atoms with Crippen molar-refractivity contribution in [1.82, 2.24) is 5.32 Å². The first kappa shape index (κ1) is 15.7. The van der Waals surface area contributed by atoms with Gasteiger partial charge >= 0.3 is 0 Å². The van der Waals surface area contributed by atoms with Gasteiger partial charge in [0.15, 0.2) is 0 Å². The van der Waals surface area contributed by atoms with Gasteiger partial charge in [-0.1, -0.05) is 19.9 Å². The lowest BCUT2D eigenvalue weighted by Crippen LogP contribution is -2.35. The maximum absolute atomic E-state index is 12.8. The van der Waals surface area contributed by atoms with E-state index in [1.165, 1.54) is 11.1 Å². The molecule has 2 rings (SSSR count). The van der Waals surface area contributed by atoms with Crippen molar-refractivity contribution in [1.29, 1.82) is 0 Å². The predicted molar refractivity (Wildman–Crippen MR) is 86.6 cm³/mol. The molecule has 0 spiro atoms. The van der Waals surface area contributed by atoms with Crippen LogP contribution in [-0.2, 0) is 10.8 Å². The average Bonchev–Trinajstić information content (AvgIpc) is 2.80. The molecule has 0 heterocycles. The van der Waals surface area contributed by atoms with Gasteiger partial charge in [0.25, 0.3) is 0 Å². The molecule has 1 saturated carbocycles. The van der Waals surface area contributed by atoms with Crippen molar-refractivity contribution in [2.45, 2.75) is 63.1 Å². The Hall–Kier alpha value is -0.670. The smallest absolute Gasteiger partial charge is 0.0564 e. The van der Waals surface area contributed by atoms with E-state index in [-0.39, 0.29) is 0 Å². The molecule has 20 heavy (non-hydrogen) atoms. The van der Waals surface area contributed by atoms with Gasteiger partial charge in [-0.15, -0.1) is 0 Å². The fourth-order valence-corrected chi connectivity index (χ4v) is 4.84. The molecule has 0 bridgehead atoms. The Morgan fingerprint density at radius 3 is 2.65 bits per heavy atom. The number of benzene rings is 1. The van der Waals surface area contributed by atoms with Crippen LogP contribution < -0.4 is 5.32 Å². The standard InChI is InChI=1S/C17H27NOS/c1-5-10-18-16-8-9-17(14(16)4)20(19)15-7-6-12(2)13(3)11-15/h6-7,11,14,16-18H,5,8-10H2,1-4H3. The normalized spacial score (nSPS) is 27.7. The van der Waals surface area contributed by atoms with Crippen molar-refractivity contribution >= 4 is 10.8 Å². The molecule has 3 heteroatoms. The van der Waals surface area contributed by atoms with Crippen molar-refractivity contribution in [3.8, 4) is 0 Å². The van der Waals surface area contributed by atoms with Gasteiger partial charge in [0.05, 0.1) is 10.8 Å². The molecule has 112 valence electrons. The Balaban J connectivity index is 2.08. The number of aryl methyl sites for hydroxylation is 2. The second kappa shape index (κ2) is 6.86. The predicted octanol–water partition coefficient (Wildman–Crippen LogP) is 3.58. The van der Waals surface area contributed by atoms with Crippen LogP contribution in [0.5, 0.6) is 0 Å². The molecule has 0 saturated heterocycles. The van der Waals surface area contributed by atoms with E-state index in [4.69, 9.17) is 0 Å². The highest BCUT2D eigenvalue weighted by Gasteiger charge is 2.36. The summed E-state index contributed by atoms with van der Waals surface area (Å²) in [7, 11) is -0.874. The number of rotatable bonds is 5. The first-order valence-corrected chi connectivity index (χ1v) is 8.97. The third kappa shape index (κ3) is 3.32. The van der Waals surface area contributed by atoms with Crippen LogP contribution in [0, 0.1) is 19.8 Å². The Morgan fingerprint density at radius 1 is 1.25 bits per heavy atom. The minimum atomic E-state index is -0.874. The molecule has 1 N–H and O–H groups in total. The second-order valence-electron chi connectivity index (χ2n) is 6.08. The largest absolute Gasteiger partial charge is 0.314 e. The van der Waals surface area contributed by atoms with Crippen molar-refractivity contribution < 1.29 is 4.21 Å². The maximum atomic E-state index is 12.8. The quantitative estimate of drug-likeness (QED) is 0.899. The lowest BCUT2D eigenvalue weighted by Gasteiger charge is -2.21. The van der Waals surface area contributed by atoms with Crippen molar-refractivity contribution in [2.24, 2.45) is 5.92 Å². The summed E-state index contributed by atoms with van der Waals surface area (Å²) >= 11 is 0. The van der Waals surface area contributed by atoms with Gasteiger partial charge in [0, 0.05) is 16.2 Å². The monoisotopic (exact) mass is 293 g/mol. The number of hydrogen-bond acceptors (Lipinski definition) is 2. The van der Waals surface area contributed by atoms with Crippen LogP contribution in [0.15, 0.2) is 23.1 Å².